The Hall–Kier alpha value is -1.64. The van der Waals surface area contributed by atoms with Crippen molar-refractivity contribution in [2.45, 2.75) is 19.3 Å². The van der Waals surface area contributed by atoms with Crippen LogP contribution in [0.2, 0.25) is 0 Å². The molecule has 3 rings (SSSR count). The van der Waals surface area contributed by atoms with E-state index in [1.807, 2.05) is 0 Å². The van der Waals surface area contributed by atoms with Gasteiger partial charge in [-0.3, -0.25) is 0 Å². The first-order valence-electron chi connectivity index (χ1n) is 8.78. The van der Waals surface area contributed by atoms with E-state index in [0.29, 0.717) is 5.92 Å². The summed E-state index contributed by atoms with van der Waals surface area (Å²) in [6.45, 7) is 8.43. The van der Waals surface area contributed by atoms with Crippen molar-refractivity contribution in [2.75, 3.05) is 39.8 Å². The van der Waals surface area contributed by atoms with Crippen LogP contribution in [0, 0.1) is 0 Å². The average Bonchev–Trinajstić information content (AvgIpc) is 2.62. The van der Waals surface area contributed by atoms with Crippen molar-refractivity contribution >= 4 is 0 Å². The molecule has 1 aliphatic rings. The molecule has 0 saturated carbocycles. The van der Waals surface area contributed by atoms with Crippen LogP contribution in [0.3, 0.4) is 0 Å². The molecule has 23 heavy (non-hydrogen) atoms. The fourth-order valence-corrected chi connectivity index (χ4v) is 3.25. The molecule has 1 fully saturated rings. The summed E-state index contributed by atoms with van der Waals surface area (Å²) < 4.78 is 0. The molecule has 0 aliphatic carbocycles. The zero-order valence-corrected chi connectivity index (χ0v) is 14.4. The number of piperazine rings is 1. The fraction of sp³-hybridized carbons (Fsp3) is 0.429. The van der Waals surface area contributed by atoms with Gasteiger partial charge in [-0.2, -0.15) is 0 Å². The van der Waals surface area contributed by atoms with E-state index in [2.05, 4.69) is 78.4 Å². The first kappa shape index (κ1) is 16.2. The summed E-state index contributed by atoms with van der Waals surface area (Å²) in [5.41, 5.74) is 4.06. The van der Waals surface area contributed by atoms with Gasteiger partial charge in [0.05, 0.1) is 0 Å². The zero-order valence-electron chi connectivity index (χ0n) is 14.4. The molecule has 0 bridgehead atoms. The lowest BCUT2D eigenvalue weighted by atomic mass is 9.95. The Morgan fingerprint density at radius 2 is 1.43 bits per heavy atom. The summed E-state index contributed by atoms with van der Waals surface area (Å²) in [7, 11) is 2.22. The summed E-state index contributed by atoms with van der Waals surface area (Å²) in [5.74, 6) is 0.625. The molecule has 0 amide bonds. The quantitative estimate of drug-likeness (QED) is 0.820. The van der Waals surface area contributed by atoms with Crippen LogP contribution in [0.15, 0.2) is 54.6 Å². The highest BCUT2D eigenvalue weighted by atomic mass is 15.2. The van der Waals surface area contributed by atoms with E-state index in [0.717, 1.165) is 0 Å². The van der Waals surface area contributed by atoms with Gasteiger partial charge in [-0.1, -0.05) is 61.5 Å². The van der Waals surface area contributed by atoms with Gasteiger partial charge in [-0.05, 0) is 42.6 Å². The number of hydrogen-bond donors (Lipinski definition) is 0. The number of benzene rings is 2. The van der Waals surface area contributed by atoms with Crippen LogP contribution in [0.25, 0.3) is 11.1 Å². The first-order valence-corrected chi connectivity index (χ1v) is 8.78. The predicted molar refractivity (Wildman–Crippen MR) is 98.8 cm³/mol. The van der Waals surface area contributed by atoms with Gasteiger partial charge in [-0.25, -0.2) is 0 Å². The highest BCUT2D eigenvalue weighted by Gasteiger charge is 2.15. The van der Waals surface area contributed by atoms with E-state index in [4.69, 9.17) is 0 Å². The summed E-state index contributed by atoms with van der Waals surface area (Å²) in [6, 6.07) is 19.7. The zero-order chi connectivity index (χ0) is 16.1. The van der Waals surface area contributed by atoms with Gasteiger partial charge in [0.2, 0.25) is 0 Å². The molecular formula is C21H28N2. The van der Waals surface area contributed by atoms with Crippen molar-refractivity contribution in [3.8, 4) is 11.1 Å². The third-order valence-electron chi connectivity index (χ3n) is 5.06. The topological polar surface area (TPSA) is 6.48 Å². The normalized spacial score (nSPS) is 18.0. The van der Waals surface area contributed by atoms with E-state index < -0.39 is 0 Å². The van der Waals surface area contributed by atoms with Crippen molar-refractivity contribution in [1.82, 2.24) is 9.80 Å². The van der Waals surface area contributed by atoms with E-state index in [1.165, 1.54) is 55.8 Å². The largest absolute Gasteiger partial charge is 0.304 e. The third kappa shape index (κ3) is 4.43. The van der Waals surface area contributed by atoms with Crippen LogP contribution in [-0.4, -0.2) is 49.6 Å². The van der Waals surface area contributed by atoms with Gasteiger partial charge in [0.15, 0.2) is 0 Å². The molecule has 0 spiro atoms. The second-order valence-corrected chi connectivity index (χ2v) is 6.82. The monoisotopic (exact) mass is 308 g/mol. The van der Waals surface area contributed by atoms with E-state index >= 15 is 0 Å². The molecule has 0 aromatic heterocycles. The highest BCUT2D eigenvalue weighted by Crippen LogP contribution is 2.24. The van der Waals surface area contributed by atoms with Crippen LogP contribution in [0.1, 0.15) is 24.8 Å². The Morgan fingerprint density at radius 1 is 0.826 bits per heavy atom. The van der Waals surface area contributed by atoms with Gasteiger partial charge < -0.3 is 9.80 Å². The van der Waals surface area contributed by atoms with Crippen molar-refractivity contribution in [1.29, 1.82) is 0 Å². The van der Waals surface area contributed by atoms with Gasteiger partial charge in [-0.15, -0.1) is 0 Å². The summed E-state index contributed by atoms with van der Waals surface area (Å²) in [6.07, 6.45) is 1.24. The van der Waals surface area contributed by atoms with E-state index in [-0.39, 0.29) is 0 Å². The number of rotatable bonds is 5. The molecule has 2 aromatic carbocycles. The SMILES string of the molecule is CC(CCN1CCN(C)CC1)c1ccc(-c2ccccc2)cc1. The number of likely N-dealkylation sites (N-methyl/N-ethyl adjacent to an activating group) is 1. The lowest BCUT2D eigenvalue weighted by Crippen LogP contribution is -2.44. The Labute approximate surface area is 140 Å². The molecule has 1 saturated heterocycles. The molecular weight excluding hydrogens is 280 g/mol. The summed E-state index contributed by atoms with van der Waals surface area (Å²) in [4.78, 5) is 5.02. The molecule has 2 nitrogen and oxygen atoms in total. The minimum absolute atomic E-state index is 0.625. The smallest absolute Gasteiger partial charge is 0.0110 e. The molecule has 1 atom stereocenters. The molecule has 1 heterocycles. The third-order valence-corrected chi connectivity index (χ3v) is 5.06. The molecule has 0 radical (unpaired) electrons. The van der Waals surface area contributed by atoms with Crippen LogP contribution >= 0.6 is 0 Å². The van der Waals surface area contributed by atoms with Crippen LogP contribution in [-0.2, 0) is 0 Å². The van der Waals surface area contributed by atoms with Crippen LogP contribution in [0.4, 0.5) is 0 Å². The summed E-state index contributed by atoms with van der Waals surface area (Å²) in [5, 5.41) is 0. The van der Waals surface area contributed by atoms with Crippen LogP contribution in [0.5, 0.6) is 0 Å². The maximum Gasteiger partial charge on any atom is 0.0110 e. The molecule has 2 heteroatoms. The standard InChI is InChI=1S/C21H28N2/c1-18(12-13-23-16-14-22(2)15-17-23)19-8-10-21(11-9-19)20-6-4-3-5-7-20/h3-11,18H,12-17H2,1-2H3. The van der Waals surface area contributed by atoms with Gasteiger partial charge >= 0.3 is 0 Å². The molecule has 1 aliphatic heterocycles. The number of hydrogen-bond acceptors (Lipinski definition) is 2. The molecule has 0 N–H and O–H groups in total. The Morgan fingerprint density at radius 3 is 2.09 bits per heavy atom. The van der Waals surface area contributed by atoms with E-state index in [9.17, 15) is 0 Å². The molecule has 1 unspecified atom stereocenters. The maximum atomic E-state index is 2.61. The van der Waals surface area contributed by atoms with Crippen molar-refractivity contribution in [3.05, 3.63) is 60.2 Å². The number of nitrogens with zero attached hydrogens (tertiary/aromatic N) is 2. The average molecular weight is 308 g/mol. The van der Waals surface area contributed by atoms with Crippen molar-refractivity contribution in [3.63, 3.8) is 0 Å². The second kappa shape index (κ2) is 7.76. The lowest BCUT2D eigenvalue weighted by molar-refractivity contribution is 0.151. The van der Waals surface area contributed by atoms with Gasteiger partial charge in [0.25, 0.3) is 0 Å². The van der Waals surface area contributed by atoms with E-state index in [1.54, 1.807) is 0 Å². The molecule has 2 aromatic rings. The second-order valence-electron chi connectivity index (χ2n) is 6.82. The van der Waals surface area contributed by atoms with Crippen molar-refractivity contribution < 1.29 is 0 Å². The first-order chi connectivity index (χ1) is 11.2. The van der Waals surface area contributed by atoms with Crippen molar-refractivity contribution in [2.24, 2.45) is 0 Å². The molecule has 122 valence electrons. The Bertz CT molecular complexity index is 583. The van der Waals surface area contributed by atoms with Gasteiger partial charge in [0.1, 0.15) is 0 Å². The Kier molecular flexibility index (Phi) is 5.47. The minimum Gasteiger partial charge on any atom is -0.304 e. The van der Waals surface area contributed by atoms with Gasteiger partial charge in [0, 0.05) is 26.2 Å². The maximum absolute atomic E-state index is 2.61. The fourth-order valence-electron chi connectivity index (χ4n) is 3.25. The Balaban J connectivity index is 1.54. The summed E-state index contributed by atoms with van der Waals surface area (Å²) >= 11 is 0. The predicted octanol–water partition coefficient (Wildman–Crippen LogP) is 4.09. The lowest BCUT2D eigenvalue weighted by Gasteiger charge is -2.32. The van der Waals surface area contributed by atoms with Crippen LogP contribution < -0.4 is 0 Å². The minimum atomic E-state index is 0.625. The highest BCUT2D eigenvalue weighted by molar-refractivity contribution is 5.63.